The maximum atomic E-state index is 13.3. The quantitative estimate of drug-likeness (QED) is 0.137. The molecule has 1 aliphatic heterocycles. The highest BCUT2D eigenvalue weighted by Gasteiger charge is 2.31. The van der Waals surface area contributed by atoms with Gasteiger partial charge in [0.1, 0.15) is 24.1 Å². The molecule has 1 amide bonds. The number of aliphatic imine (C=N–C) groups is 1. The van der Waals surface area contributed by atoms with Crippen LogP contribution in [-0.4, -0.2) is 75.7 Å². The maximum absolute atomic E-state index is 13.3. The van der Waals surface area contributed by atoms with E-state index in [0.717, 1.165) is 9.80 Å². The van der Waals surface area contributed by atoms with Crippen molar-refractivity contribution >= 4 is 39.6 Å². The molecule has 0 bridgehead atoms. The number of hydrogen-bond donors (Lipinski definition) is 4. The molecule has 1 unspecified atom stereocenters. The summed E-state index contributed by atoms with van der Waals surface area (Å²) in [6, 6.07) is 10.5. The van der Waals surface area contributed by atoms with Crippen LogP contribution in [0.2, 0.25) is 0 Å². The first-order chi connectivity index (χ1) is 17.6. The Balaban J connectivity index is 1.84. The third-order valence-electron chi connectivity index (χ3n) is 5.26. The van der Waals surface area contributed by atoms with Crippen LogP contribution < -0.4 is 20.9 Å². The van der Waals surface area contributed by atoms with E-state index in [4.69, 9.17) is 20.9 Å². The molecule has 1 heterocycles. The van der Waals surface area contributed by atoms with Gasteiger partial charge in [-0.15, -0.1) is 0 Å². The summed E-state index contributed by atoms with van der Waals surface area (Å²) in [5.74, 6) is -0.878. The number of carboxylic acids is 1. The highest BCUT2D eigenvalue weighted by Crippen LogP contribution is 2.47. The fourth-order valence-electron chi connectivity index (χ4n) is 3.52. The van der Waals surface area contributed by atoms with Crippen LogP contribution in [0.15, 0.2) is 62.1 Å². The van der Waals surface area contributed by atoms with Crippen LogP contribution in [-0.2, 0) is 24.3 Å². The number of sulfonamides is 1. The molecule has 0 radical (unpaired) electrons. The molecule has 0 saturated carbocycles. The first-order valence-corrected chi connectivity index (χ1v) is 13.6. The van der Waals surface area contributed by atoms with Gasteiger partial charge in [0.2, 0.25) is 15.9 Å². The standard InChI is InChI=1S/C23H29N5O7S2/c1-34-12-11-28(14-21(29)30)22(31)16(5-4-10-26-23(24)25)27-37(32,33)15-8-9-18-20(13-15)36-19-7-3-2-6-17(19)35-18/h2-3,6-9,13,16,27H,4-5,10-12,14H2,1H3,(H,29,30)(H4,24,25,26). The number of carbonyl (C=O) groups excluding carboxylic acids is 1. The third kappa shape index (κ3) is 7.82. The van der Waals surface area contributed by atoms with Crippen molar-refractivity contribution in [2.45, 2.75) is 33.6 Å². The van der Waals surface area contributed by atoms with Crippen LogP contribution in [0.3, 0.4) is 0 Å². The van der Waals surface area contributed by atoms with E-state index in [0.29, 0.717) is 16.4 Å². The highest BCUT2D eigenvalue weighted by atomic mass is 32.2. The number of rotatable bonds is 13. The number of fused-ring (bicyclic) bond motifs is 2. The van der Waals surface area contributed by atoms with Crippen molar-refractivity contribution in [2.24, 2.45) is 16.5 Å². The molecule has 1 aliphatic rings. The lowest BCUT2D eigenvalue weighted by atomic mass is 10.1. The van der Waals surface area contributed by atoms with Gasteiger partial charge in [0, 0.05) is 20.2 Å². The number of methoxy groups -OCH3 is 1. The van der Waals surface area contributed by atoms with E-state index in [2.05, 4.69) is 9.71 Å². The van der Waals surface area contributed by atoms with E-state index < -0.39 is 34.5 Å². The van der Waals surface area contributed by atoms with E-state index >= 15 is 0 Å². The summed E-state index contributed by atoms with van der Waals surface area (Å²) in [5.41, 5.74) is 10.7. The molecule has 2 aromatic carbocycles. The van der Waals surface area contributed by atoms with Crippen molar-refractivity contribution in [2.75, 3.05) is 33.4 Å². The summed E-state index contributed by atoms with van der Waals surface area (Å²) in [6.07, 6.45) is 0.306. The minimum atomic E-state index is -4.18. The number of nitrogens with two attached hydrogens (primary N) is 2. The molecule has 14 heteroatoms. The molecular weight excluding hydrogens is 522 g/mol. The Morgan fingerprint density at radius 2 is 1.92 bits per heavy atom. The molecule has 1 atom stereocenters. The van der Waals surface area contributed by atoms with Gasteiger partial charge < -0.3 is 30.9 Å². The van der Waals surface area contributed by atoms with Gasteiger partial charge in [-0.1, -0.05) is 23.9 Å². The largest absolute Gasteiger partial charge is 0.480 e. The second-order valence-corrected chi connectivity index (χ2v) is 10.8. The SMILES string of the molecule is COCCN(CC(=O)O)C(=O)C(CCCN=C(N)N)NS(=O)(=O)c1ccc2c(c1)Sc1ccccc1O2. The number of nitrogens with zero attached hydrogens (tertiary/aromatic N) is 2. The summed E-state index contributed by atoms with van der Waals surface area (Å²) < 4.78 is 39.9. The Hall–Kier alpha value is -3.33. The minimum absolute atomic E-state index is 0.0278. The van der Waals surface area contributed by atoms with Crippen LogP contribution in [0.4, 0.5) is 0 Å². The number of carboxylic acid groups (broad SMARTS) is 1. The molecular formula is C23H29N5O7S2. The number of amides is 1. The summed E-state index contributed by atoms with van der Waals surface area (Å²) >= 11 is 1.37. The van der Waals surface area contributed by atoms with E-state index in [1.807, 2.05) is 24.3 Å². The average Bonchev–Trinajstić information content (AvgIpc) is 2.85. The zero-order valence-corrected chi connectivity index (χ0v) is 21.8. The summed E-state index contributed by atoms with van der Waals surface area (Å²) in [6.45, 7) is -0.395. The van der Waals surface area contributed by atoms with Gasteiger partial charge in [-0.2, -0.15) is 4.72 Å². The lowest BCUT2D eigenvalue weighted by Crippen LogP contribution is -2.50. The van der Waals surface area contributed by atoms with Crippen molar-refractivity contribution < 1.29 is 32.6 Å². The fraction of sp³-hybridized carbons (Fsp3) is 0.348. The van der Waals surface area contributed by atoms with E-state index in [1.165, 1.54) is 31.0 Å². The van der Waals surface area contributed by atoms with Gasteiger partial charge in [0.15, 0.2) is 5.96 Å². The van der Waals surface area contributed by atoms with Gasteiger partial charge in [-0.25, -0.2) is 8.42 Å². The molecule has 0 saturated heterocycles. The third-order valence-corrected chi connectivity index (χ3v) is 7.82. The van der Waals surface area contributed by atoms with E-state index in [9.17, 15) is 23.1 Å². The topological polar surface area (TPSA) is 187 Å². The average molecular weight is 552 g/mol. The second-order valence-electron chi connectivity index (χ2n) is 8.03. The van der Waals surface area contributed by atoms with E-state index in [1.54, 1.807) is 6.07 Å². The van der Waals surface area contributed by atoms with Crippen LogP contribution in [0, 0.1) is 0 Å². The lowest BCUT2D eigenvalue weighted by molar-refractivity contribution is -0.145. The zero-order valence-electron chi connectivity index (χ0n) is 20.1. The van der Waals surface area contributed by atoms with Crippen molar-refractivity contribution in [3.05, 3.63) is 42.5 Å². The van der Waals surface area contributed by atoms with Crippen molar-refractivity contribution in [1.29, 1.82) is 0 Å². The Bertz CT molecular complexity index is 1270. The van der Waals surface area contributed by atoms with Gasteiger partial charge in [0.25, 0.3) is 0 Å². The second kappa shape index (κ2) is 12.8. The first-order valence-electron chi connectivity index (χ1n) is 11.3. The molecule has 0 aliphatic carbocycles. The number of guanidine groups is 1. The molecule has 37 heavy (non-hydrogen) atoms. The van der Waals surface area contributed by atoms with Crippen molar-refractivity contribution in [3.63, 3.8) is 0 Å². The Morgan fingerprint density at radius 1 is 1.19 bits per heavy atom. The summed E-state index contributed by atoms with van der Waals surface area (Å²) in [5, 5.41) is 9.25. The first kappa shape index (κ1) is 28.2. The fourth-order valence-corrected chi connectivity index (χ4v) is 5.83. The predicted molar refractivity (Wildman–Crippen MR) is 137 cm³/mol. The van der Waals surface area contributed by atoms with Crippen LogP contribution in [0.5, 0.6) is 11.5 Å². The number of para-hydroxylation sites is 1. The number of ether oxygens (including phenoxy) is 2. The van der Waals surface area contributed by atoms with Gasteiger partial charge in [0.05, 0.1) is 21.3 Å². The molecule has 0 aromatic heterocycles. The minimum Gasteiger partial charge on any atom is -0.480 e. The van der Waals surface area contributed by atoms with Gasteiger partial charge in [-0.05, 0) is 43.2 Å². The summed E-state index contributed by atoms with van der Waals surface area (Å²) in [7, 11) is -2.77. The number of carbonyl (C=O) groups is 2. The van der Waals surface area contributed by atoms with Crippen LogP contribution >= 0.6 is 11.8 Å². The van der Waals surface area contributed by atoms with Crippen molar-refractivity contribution in [1.82, 2.24) is 9.62 Å². The van der Waals surface area contributed by atoms with Crippen LogP contribution in [0.1, 0.15) is 12.8 Å². The van der Waals surface area contributed by atoms with Gasteiger partial charge in [-0.3, -0.25) is 14.6 Å². The van der Waals surface area contributed by atoms with Gasteiger partial charge >= 0.3 is 5.97 Å². The number of hydrogen-bond acceptors (Lipinski definition) is 8. The normalized spacial score (nSPS) is 13.0. The maximum Gasteiger partial charge on any atom is 0.323 e. The molecule has 3 rings (SSSR count). The zero-order chi connectivity index (χ0) is 27.0. The smallest absolute Gasteiger partial charge is 0.323 e. The highest BCUT2D eigenvalue weighted by molar-refractivity contribution is 7.99. The number of aliphatic carboxylic acids is 1. The Kier molecular flexibility index (Phi) is 9.74. The molecule has 0 spiro atoms. The number of nitrogens with one attached hydrogen (secondary N) is 1. The Labute approximate surface area is 219 Å². The summed E-state index contributed by atoms with van der Waals surface area (Å²) in [4.78, 5) is 30.9. The predicted octanol–water partition coefficient (Wildman–Crippen LogP) is 1.20. The molecule has 200 valence electrons. The Morgan fingerprint density at radius 3 is 2.62 bits per heavy atom. The molecule has 2 aromatic rings. The lowest BCUT2D eigenvalue weighted by Gasteiger charge is -2.26. The molecule has 6 N–H and O–H groups in total. The monoisotopic (exact) mass is 551 g/mol. The number of benzene rings is 2. The molecule has 0 fully saturated rings. The van der Waals surface area contributed by atoms with E-state index in [-0.39, 0.29) is 43.4 Å². The van der Waals surface area contributed by atoms with Crippen molar-refractivity contribution in [3.8, 4) is 11.5 Å². The molecule has 12 nitrogen and oxygen atoms in total. The van der Waals surface area contributed by atoms with Crippen LogP contribution in [0.25, 0.3) is 0 Å².